The molecule has 0 amide bonds. The van der Waals surface area contributed by atoms with Crippen molar-refractivity contribution in [1.82, 2.24) is 5.32 Å². The number of fused-ring (bicyclic) bond motifs is 1. The molecule has 3 aromatic rings. The Morgan fingerprint density at radius 3 is 2.67 bits per heavy atom. The highest BCUT2D eigenvalue weighted by Crippen LogP contribution is 2.29. The number of benzene rings is 2. The van der Waals surface area contributed by atoms with E-state index in [-0.39, 0.29) is 6.04 Å². The quantitative estimate of drug-likeness (QED) is 0.711. The molecule has 0 radical (unpaired) electrons. The Morgan fingerprint density at radius 1 is 1.10 bits per heavy atom. The SMILES string of the molecule is CNC(Cc1ccccc1Cl)c1cc2cc(Cl)ccc2o1. The van der Waals surface area contributed by atoms with Crippen LogP contribution < -0.4 is 5.32 Å². The molecule has 108 valence electrons. The van der Waals surface area contributed by atoms with Crippen LogP contribution in [0.15, 0.2) is 52.9 Å². The molecule has 3 rings (SSSR count). The molecule has 0 aliphatic heterocycles. The van der Waals surface area contributed by atoms with Crippen molar-refractivity contribution in [3.05, 3.63) is 69.9 Å². The van der Waals surface area contributed by atoms with Crippen LogP contribution in [-0.4, -0.2) is 7.05 Å². The number of likely N-dealkylation sites (N-methyl/N-ethyl adjacent to an activating group) is 1. The van der Waals surface area contributed by atoms with E-state index in [2.05, 4.69) is 5.32 Å². The van der Waals surface area contributed by atoms with Crippen molar-refractivity contribution in [3.8, 4) is 0 Å². The highest BCUT2D eigenvalue weighted by Gasteiger charge is 2.16. The second-order valence-electron chi connectivity index (χ2n) is 4.97. The van der Waals surface area contributed by atoms with E-state index in [1.54, 1.807) is 0 Å². The maximum atomic E-state index is 6.24. The molecule has 1 atom stereocenters. The minimum absolute atomic E-state index is 0.0658. The average molecular weight is 320 g/mol. The monoisotopic (exact) mass is 319 g/mol. The fourth-order valence-electron chi connectivity index (χ4n) is 2.44. The van der Waals surface area contributed by atoms with Gasteiger partial charge in [-0.3, -0.25) is 0 Å². The van der Waals surface area contributed by atoms with Gasteiger partial charge in [0.2, 0.25) is 0 Å². The van der Waals surface area contributed by atoms with E-state index in [0.717, 1.165) is 33.7 Å². The zero-order valence-corrected chi connectivity index (χ0v) is 13.1. The normalized spacial score (nSPS) is 12.7. The van der Waals surface area contributed by atoms with E-state index in [1.165, 1.54) is 0 Å². The Labute approximate surface area is 133 Å². The molecular formula is C17H15Cl2NO. The first kappa shape index (κ1) is 14.5. The fraction of sp³-hybridized carbons (Fsp3) is 0.176. The summed E-state index contributed by atoms with van der Waals surface area (Å²) in [6.07, 6.45) is 0.768. The Bertz CT molecular complexity index is 766. The van der Waals surface area contributed by atoms with Crippen LogP contribution in [0, 0.1) is 0 Å². The van der Waals surface area contributed by atoms with Gasteiger partial charge in [-0.25, -0.2) is 0 Å². The molecule has 1 unspecified atom stereocenters. The molecule has 21 heavy (non-hydrogen) atoms. The Kier molecular flexibility index (Phi) is 4.20. The second kappa shape index (κ2) is 6.10. The Hall–Kier alpha value is -1.48. The van der Waals surface area contributed by atoms with Gasteiger partial charge in [-0.15, -0.1) is 0 Å². The predicted octanol–water partition coefficient (Wildman–Crippen LogP) is 5.24. The van der Waals surface area contributed by atoms with E-state index < -0.39 is 0 Å². The molecule has 0 spiro atoms. The minimum atomic E-state index is 0.0658. The minimum Gasteiger partial charge on any atom is -0.459 e. The van der Waals surface area contributed by atoms with Gasteiger partial charge in [-0.2, -0.15) is 0 Å². The first-order valence-electron chi connectivity index (χ1n) is 6.77. The Balaban J connectivity index is 1.93. The zero-order chi connectivity index (χ0) is 14.8. The molecule has 0 aliphatic rings. The van der Waals surface area contributed by atoms with Crippen molar-refractivity contribution in [2.45, 2.75) is 12.5 Å². The summed E-state index contributed by atoms with van der Waals surface area (Å²) in [7, 11) is 1.92. The lowest BCUT2D eigenvalue weighted by molar-refractivity contribution is 0.451. The summed E-state index contributed by atoms with van der Waals surface area (Å²) < 4.78 is 5.92. The molecule has 1 aromatic heterocycles. The van der Waals surface area contributed by atoms with Crippen molar-refractivity contribution >= 4 is 34.2 Å². The van der Waals surface area contributed by atoms with Crippen molar-refractivity contribution in [2.24, 2.45) is 0 Å². The van der Waals surface area contributed by atoms with E-state index in [4.69, 9.17) is 27.6 Å². The number of hydrogen-bond acceptors (Lipinski definition) is 2. The largest absolute Gasteiger partial charge is 0.459 e. The highest BCUT2D eigenvalue weighted by molar-refractivity contribution is 6.31. The van der Waals surface area contributed by atoms with Crippen molar-refractivity contribution in [2.75, 3.05) is 7.05 Å². The number of hydrogen-bond donors (Lipinski definition) is 1. The van der Waals surface area contributed by atoms with Crippen LogP contribution in [0.4, 0.5) is 0 Å². The summed E-state index contributed by atoms with van der Waals surface area (Å²) in [4.78, 5) is 0. The van der Waals surface area contributed by atoms with E-state index in [1.807, 2.05) is 55.6 Å². The summed E-state index contributed by atoms with van der Waals surface area (Å²) in [5, 5.41) is 5.78. The smallest absolute Gasteiger partial charge is 0.134 e. The fourth-order valence-corrected chi connectivity index (χ4v) is 2.83. The lowest BCUT2D eigenvalue weighted by Gasteiger charge is -2.14. The van der Waals surface area contributed by atoms with E-state index >= 15 is 0 Å². The van der Waals surface area contributed by atoms with Gasteiger partial charge < -0.3 is 9.73 Å². The van der Waals surface area contributed by atoms with Crippen molar-refractivity contribution < 1.29 is 4.42 Å². The Morgan fingerprint density at radius 2 is 1.90 bits per heavy atom. The molecular weight excluding hydrogens is 305 g/mol. The number of furan rings is 1. The third-order valence-corrected chi connectivity index (χ3v) is 4.18. The van der Waals surface area contributed by atoms with Crippen LogP contribution >= 0.6 is 23.2 Å². The number of rotatable bonds is 4. The average Bonchev–Trinajstić information content (AvgIpc) is 2.89. The number of halogens is 2. The molecule has 1 heterocycles. The zero-order valence-electron chi connectivity index (χ0n) is 11.6. The van der Waals surface area contributed by atoms with Gasteiger partial charge in [0.15, 0.2) is 0 Å². The molecule has 2 nitrogen and oxygen atoms in total. The van der Waals surface area contributed by atoms with Crippen LogP contribution in [0.25, 0.3) is 11.0 Å². The first-order valence-corrected chi connectivity index (χ1v) is 7.52. The summed E-state index contributed by atoms with van der Waals surface area (Å²) >= 11 is 12.3. The lowest BCUT2D eigenvalue weighted by atomic mass is 10.0. The maximum Gasteiger partial charge on any atom is 0.134 e. The third kappa shape index (κ3) is 3.08. The molecule has 2 aromatic carbocycles. The van der Waals surface area contributed by atoms with Gasteiger partial charge in [0.1, 0.15) is 11.3 Å². The van der Waals surface area contributed by atoms with Crippen LogP contribution in [0.1, 0.15) is 17.4 Å². The van der Waals surface area contributed by atoms with Crippen LogP contribution in [0.3, 0.4) is 0 Å². The van der Waals surface area contributed by atoms with Gasteiger partial charge in [0.25, 0.3) is 0 Å². The second-order valence-corrected chi connectivity index (χ2v) is 5.81. The molecule has 1 N–H and O–H groups in total. The summed E-state index contributed by atoms with van der Waals surface area (Å²) in [5.74, 6) is 0.884. The van der Waals surface area contributed by atoms with Crippen LogP contribution in [0.5, 0.6) is 0 Å². The third-order valence-electron chi connectivity index (χ3n) is 3.57. The van der Waals surface area contributed by atoms with Crippen molar-refractivity contribution in [3.63, 3.8) is 0 Å². The molecule has 0 saturated heterocycles. The van der Waals surface area contributed by atoms with Gasteiger partial charge in [0.05, 0.1) is 6.04 Å². The van der Waals surface area contributed by atoms with Crippen LogP contribution in [-0.2, 0) is 6.42 Å². The highest BCUT2D eigenvalue weighted by atomic mass is 35.5. The van der Waals surface area contributed by atoms with E-state index in [9.17, 15) is 0 Å². The topological polar surface area (TPSA) is 25.2 Å². The summed E-state index contributed by atoms with van der Waals surface area (Å²) in [5.41, 5.74) is 1.94. The lowest BCUT2D eigenvalue weighted by Crippen LogP contribution is -2.18. The molecule has 4 heteroatoms. The van der Waals surface area contributed by atoms with Gasteiger partial charge >= 0.3 is 0 Å². The molecule has 0 saturated carbocycles. The van der Waals surface area contributed by atoms with Crippen LogP contribution in [0.2, 0.25) is 10.0 Å². The number of nitrogens with one attached hydrogen (secondary N) is 1. The van der Waals surface area contributed by atoms with Gasteiger partial charge in [0, 0.05) is 15.4 Å². The maximum absolute atomic E-state index is 6.24. The van der Waals surface area contributed by atoms with E-state index in [0.29, 0.717) is 5.02 Å². The molecule has 0 fully saturated rings. The predicted molar refractivity (Wildman–Crippen MR) is 88.2 cm³/mol. The molecule has 0 aliphatic carbocycles. The standard InChI is InChI=1S/C17H15Cl2NO/c1-20-15(9-11-4-2-3-5-14(11)19)17-10-12-8-13(18)6-7-16(12)21-17/h2-8,10,15,20H,9H2,1H3. The summed E-state index contributed by atoms with van der Waals surface area (Å²) in [6.45, 7) is 0. The summed E-state index contributed by atoms with van der Waals surface area (Å²) in [6, 6.07) is 15.6. The first-order chi connectivity index (χ1) is 10.2. The van der Waals surface area contributed by atoms with Gasteiger partial charge in [-0.1, -0.05) is 41.4 Å². The van der Waals surface area contributed by atoms with Crippen molar-refractivity contribution in [1.29, 1.82) is 0 Å². The van der Waals surface area contributed by atoms with Gasteiger partial charge in [-0.05, 0) is 49.4 Å². The molecule has 0 bridgehead atoms.